The number of carbonyl (C=O) groups excluding carboxylic acids is 1. The normalized spacial score (nSPS) is 23.3. The van der Waals surface area contributed by atoms with Crippen LogP contribution in [-0.4, -0.2) is 25.5 Å². The Morgan fingerprint density at radius 2 is 2.33 bits per heavy atom. The van der Waals surface area contributed by atoms with Gasteiger partial charge in [-0.2, -0.15) is 0 Å². The van der Waals surface area contributed by atoms with E-state index in [1.54, 1.807) is 0 Å². The minimum Gasteiger partial charge on any atom is -0.316 e. The standard InChI is InChI=1S/C14H17ClN2O/c15-12-3-4-13-11(6-12)7-14(18)17(13)9-10-2-1-5-16-8-10/h3-4,6,10,16H,1-2,5,7-9H2. The molecule has 0 saturated carbocycles. The van der Waals surface area contributed by atoms with Crippen molar-refractivity contribution in [2.45, 2.75) is 19.3 Å². The molecule has 1 aromatic rings. The number of nitrogens with one attached hydrogen (secondary N) is 1. The number of anilines is 1. The number of amides is 1. The monoisotopic (exact) mass is 264 g/mol. The molecule has 4 heteroatoms. The third kappa shape index (κ3) is 2.25. The molecule has 1 N–H and O–H groups in total. The zero-order chi connectivity index (χ0) is 12.5. The van der Waals surface area contributed by atoms with Crippen molar-refractivity contribution < 1.29 is 4.79 Å². The van der Waals surface area contributed by atoms with Gasteiger partial charge in [0.25, 0.3) is 0 Å². The van der Waals surface area contributed by atoms with Crippen LogP contribution in [0.3, 0.4) is 0 Å². The molecule has 1 saturated heterocycles. The van der Waals surface area contributed by atoms with Crippen LogP contribution in [0.5, 0.6) is 0 Å². The summed E-state index contributed by atoms with van der Waals surface area (Å²) in [5.74, 6) is 0.780. The van der Waals surface area contributed by atoms with Crippen molar-refractivity contribution in [1.82, 2.24) is 5.32 Å². The van der Waals surface area contributed by atoms with Crippen LogP contribution in [0, 0.1) is 5.92 Å². The molecule has 2 aliphatic heterocycles. The highest BCUT2D eigenvalue weighted by Crippen LogP contribution is 2.32. The van der Waals surface area contributed by atoms with Crippen LogP contribution in [0.25, 0.3) is 0 Å². The van der Waals surface area contributed by atoms with E-state index in [1.807, 2.05) is 23.1 Å². The SMILES string of the molecule is O=C1Cc2cc(Cl)ccc2N1CC1CCCNC1. The molecule has 3 nitrogen and oxygen atoms in total. The number of halogens is 1. The van der Waals surface area contributed by atoms with Crippen LogP contribution < -0.4 is 10.2 Å². The fraction of sp³-hybridized carbons (Fsp3) is 0.500. The first-order chi connectivity index (χ1) is 8.74. The van der Waals surface area contributed by atoms with Gasteiger partial charge >= 0.3 is 0 Å². The first-order valence-corrected chi connectivity index (χ1v) is 6.91. The smallest absolute Gasteiger partial charge is 0.231 e. The topological polar surface area (TPSA) is 32.3 Å². The third-order valence-corrected chi connectivity index (χ3v) is 4.05. The van der Waals surface area contributed by atoms with Crippen LogP contribution in [0.2, 0.25) is 5.02 Å². The molecule has 0 bridgehead atoms. The van der Waals surface area contributed by atoms with E-state index in [9.17, 15) is 4.79 Å². The molecule has 0 aliphatic carbocycles. The average Bonchev–Trinajstić information content (AvgIpc) is 2.66. The van der Waals surface area contributed by atoms with Gasteiger partial charge in [0.05, 0.1) is 6.42 Å². The predicted molar refractivity (Wildman–Crippen MR) is 73.1 cm³/mol. The highest BCUT2D eigenvalue weighted by Gasteiger charge is 2.29. The van der Waals surface area contributed by atoms with Crippen LogP contribution in [0.4, 0.5) is 5.69 Å². The van der Waals surface area contributed by atoms with Crippen molar-refractivity contribution in [3.8, 4) is 0 Å². The molecular weight excluding hydrogens is 248 g/mol. The lowest BCUT2D eigenvalue weighted by Crippen LogP contribution is -2.39. The quantitative estimate of drug-likeness (QED) is 0.889. The van der Waals surface area contributed by atoms with Crippen molar-refractivity contribution in [1.29, 1.82) is 0 Å². The number of piperidine rings is 1. The minimum absolute atomic E-state index is 0.206. The van der Waals surface area contributed by atoms with Gasteiger partial charge in [-0.3, -0.25) is 4.79 Å². The lowest BCUT2D eigenvalue weighted by Gasteiger charge is -2.28. The molecule has 2 aliphatic rings. The zero-order valence-corrected chi connectivity index (χ0v) is 11.0. The molecule has 0 aromatic heterocycles. The number of nitrogens with zero attached hydrogens (tertiary/aromatic N) is 1. The van der Waals surface area contributed by atoms with Gasteiger partial charge in [0, 0.05) is 17.3 Å². The van der Waals surface area contributed by atoms with Gasteiger partial charge in [-0.1, -0.05) is 11.6 Å². The summed E-state index contributed by atoms with van der Waals surface area (Å²) in [7, 11) is 0. The third-order valence-electron chi connectivity index (χ3n) is 3.81. The Morgan fingerprint density at radius 1 is 1.44 bits per heavy atom. The van der Waals surface area contributed by atoms with Crippen molar-refractivity contribution >= 4 is 23.2 Å². The molecule has 1 aromatic carbocycles. The lowest BCUT2D eigenvalue weighted by molar-refractivity contribution is -0.117. The summed E-state index contributed by atoms with van der Waals surface area (Å²) in [4.78, 5) is 14.0. The Hall–Kier alpha value is -1.06. The maximum Gasteiger partial charge on any atom is 0.231 e. The zero-order valence-electron chi connectivity index (χ0n) is 10.3. The number of benzene rings is 1. The average molecular weight is 265 g/mol. The Labute approximate surface area is 112 Å². The summed E-state index contributed by atoms with van der Waals surface area (Å²) in [6.07, 6.45) is 2.91. The van der Waals surface area contributed by atoms with E-state index in [0.29, 0.717) is 17.4 Å². The van der Waals surface area contributed by atoms with Gasteiger partial charge in [0.15, 0.2) is 0 Å². The molecule has 2 heterocycles. The molecule has 1 atom stereocenters. The summed E-state index contributed by atoms with van der Waals surface area (Å²) in [6.45, 7) is 2.96. The van der Waals surface area contributed by atoms with Crippen LogP contribution in [0.1, 0.15) is 18.4 Å². The summed E-state index contributed by atoms with van der Waals surface area (Å²) in [5.41, 5.74) is 2.12. The van der Waals surface area contributed by atoms with E-state index in [0.717, 1.165) is 30.9 Å². The molecular formula is C14H17ClN2O. The number of hydrogen-bond acceptors (Lipinski definition) is 2. The summed E-state index contributed by atoms with van der Waals surface area (Å²) < 4.78 is 0. The minimum atomic E-state index is 0.206. The molecule has 0 spiro atoms. The van der Waals surface area contributed by atoms with Crippen molar-refractivity contribution in [3.05, 3.63) is 28.8 Å². The van der Waals surface area contributed by atoms with E-state index >= 15 is 0 Å². The van der Waals surface area contributed by atoms with Gasteiger partial charge in [-0.25, -0.2) is 0 Å². The van der Waals surface area contributed by atoms with Gasteiger partial charge in [0.2, 0.25) is 5.91 Å². The molecule has 3 rings (SSSR count). The number of carbonyl (C=O) groups is 1. The maximum atomic E-state index is 12.1. The number of rotatable bonds is 2. The Bertz CT molecular complexity index is 469. The maximum absolute atomic E-state index is 12.1. The lowest BCUT2D eigenvalue weighted by atomic mass is 9.99. The predicted octanol–water partition coefficient (Wildman–Crippen LogP) is 2.23. The Balaban J connectivity index is 1.78. The second-order valence-corrected chi connectivity index (χ2v) is 5.60. The van der Waals surface area contributed by atoms with Crippen molar-refractivity contribution in [2.24, 2.45) is 5.92 Å². The highest BCUT2D eigenvalue weighted by molar-refractivity contribution is 6.30. The van der Waals surface area contributed by atoms with E-state index in [-0.39, 0.29) is 5.91 Å². The Kier molecular flexibility index (Phi) is 3.27. The van der Waals surface area contributed by atoms with Crippen LogP contribution in [-0.2, 0) is 11.2 Å². The number of fused-ring (bicyclic) bond motifs is 1. The van der Waals surface area contributed by atoms with Gasteiger partial charge < -0.3 is 10.2 Å². The van der Waals surface area contributed by atoms with Crippen molar-refractivity contribution in [2.75, 3.05) is 24.5 Å². The van der Waals surface area contributed by atoms with Crippen molar-refractivity contribution in [3.63, 3.8) is 0 Å². The summed E-state index contributed by atoms with van der Waals surface area (Å²) in [6, 6.07) is 5.75. The molecule has 18 heavy (non-hydrogen) atoms. The highest BCUT2D eigenvalue weighted by atomic mass is 35.5. The van der Waals surface area contributed by atoms with E-state index in [2.05, 4.69) is 5.32 Å². The summed E-state index contributed by atoms with van der Waals surface area (Å²) >= 11 is 5.97. The summed E-state index contributed by atoms with van der Waals surface area (Å²) in [5, 5.41) is 4.11. The fourth-order valence-electron chi connectivity index (χ4n) is 2.89. The number of hydrogen-bond donors (Lipinski definition) is 1. The fourth-order valence-corrected chi connectivity index (χ4v) is 3.08. The first-order valence-electron chi connectivity index (χ1n) is 6.53. The van der Waals surface area contributed by atoms with Crippen LogP contribution >= 0.6 is 11.6 Å². The van der Waals surface area contributed by atoms with E-state index in [4.69, 9.17) is 11.6 Å². The van der Waals surface area contributed by atoms with Gasteiger partial charge in [-0.15, -0.1) is 0 Å². The molecule has 0 radical (unpaired) electrons. The van der Waals surface area contributed by atoms with Crippen LogP contribution in [0.15, 0.2) is 18.2 Å². The molecule has 1 amide bonds. The largest absolute Gasteiger partial charge is 0.316 e. The van der Waals surface area contributed by atoms with E-state index in [1.165, 1.54) is 12.8 Å². The van der Waals surface area contributed by atoms with Gasteiger partial charge in [0.1, 0.15) is 0 Å². The first kappa shape index (κ1) is 12.0. The Morgan fingerprint density at radius 3 is 3.11 bits per heavy atom. The van der Waals surface area contributed by atoms with Gasteiger partial charge in [-0.05, 0) is 55.6 Å². The molecule has 1 fully saturated rings. The van der Waals surface area contributed by atoms with E-state index < -0.39 is 0 Å². The molecule has 1 unspecified atom stereocenters. The second kappa shape index (κ2) is 4.90. The molecule has 96 valence electrons. The second-order valence-electron chi connectivity index (χ2n) is 5.17.